The van der Waals surface area contributed by atoms with Gasteiger partial charge >= 0.3 is 0 Å². The third-order valence-corrected chi connectivity index (χ3v) is 4.19. The lowest BCUT2D eigenvalue weighted by molar-refractivity contribution is 0.262. The van der Waals surface area contributed by atoms with Crippen LogP contribution in [0.1, 0.15) is 57.8 Å². The van der Waals surface area contributed by atoms with Gasteiger partial charge in [-0.1, -0.05) is 20.8 Å². The summed E-state index contributed by atoms with van der Waals surface area (Å²) < 4.78 is 0. The molecule has 1 unspecified atom stereocenters. The predicted molar refractivity (Wildman–Crippen MR) is 86.6 cm³/mol. The van der Waals surface area contributed by atoms with Gasteiger partial charge in [-0.05, 0) is 32.6 Å². The zero-order valence-electron chi connectivity index (χ0n) is 13.7. The SMILES string of the molecule is Cc1c(N)nc(C(C)(C)C)nc1N1CCCCC1CCO. The molecule has 2 rings (SSSR count). The van der Waals surface area contributed by atoms with Crippen LogP contribution in [0.2, 0.25) is 0 Å². The van der Waals surface area contributed by atoms with Gasteiger partial charge in [-0.15, -0.1) is 0 Å². The van der Waals surface area contributed by atoms with E-state index in [4.69, 9.17) is 10.7 Å². The second-order valence-electron chi connectivity index (χ2n) is 6.99. The number of anilines is 2. The highest BCUT2D eigenvalue weighted by atomic mass is 16.3. The van der Waals surface area contributed by atoms with Crippen LogP contribution in [-0.2, 0) is 5.41 Å². The largest absolute Gasteiger partial charge is 0.396 e. The fourth-order valence-corrected chi connectivity index (χ4v) is 2.87. The van der Waals surface area contributed by atoms with Crippen LogP contribution in [-0.4, -0.2) is 34.3 Å². The van der Waals surface area contributed by atoms with Crippen molar-refractivity contribution < 1.29 is 5.11 Å². The normalized spacial score (nSPS) is 19.9. The smallest absolute Gasteiger partial charge is 0.138 e. The molecule has 1 fully saturated rings. The Morgan fingerprint density at radius 2 is 2.00 bits per heavy atom. The summed E-state index contributed by atoms with van der Waals surface area (Å²) in [5, 5.41) is 9.31. The van der Waals surface area contributed by atoms with Crippen molar-refractivity contribution in [2.75, 3.05) is 23.8 Å². The zero-order valence-corrected chi connectivity index (χ0v) is 13.7. The lowest BCUT2D eigenvalue weighted by Gasteiger charge is -2.38. The topological polar surface area (TPSA) is 75.3 Å². The van der Waals surface area contributed by atoms with Crippen molar-refractivity contribution in [3.05, 3.63) is 11.4 Å². The molecule has 21 heavy (non-hydrogen) atoms. The van der Waals surface area contributed by atoms with Crippen LogP contribution in [0.25, 0.3) is 0 Å². The minimum absolute atomic E-state index is 0.126. The van der Waals surface area contributed by atoms with Crippen molar-refractivity contribution in [1.82, 2.24) is 9.97 Å². The Labute approximate surface area is 127 Å². The lowest BCUT2D eigenvalue weighted by atomic mass is 9.95. The number of rotatable bonds is 3. The van der Waals surface area contributed by atoms with E-state index in [1.165, 1.54) is 6.42 Å². The molecule has 1 aliphatic heterocycles. The third-order valence-electron chi connectivity index (χ3n) is 4.19. The fraction of sp³-hybridized carbons (Fsp3) is 0.750. The molecule has 5 heteroatoms. The van der Waals surface area contributed by atoms with Gasteiger partial charge < -0.3 is 15.7 Å². The van der Waals surface area contributed by atoms with Gasteiger partial charge in [0.25, 0.3) is 0 Å². The maximum absolute atomic E-state index is 9.31. The summed E-state index contributed by atoms with van der Waals surface area (Å²) in [7, 11) is 0. The van der Waals surface area contributed by atoms with Crippen molar-refractivity contribution in [1.29, 1.82) is 0 Å². The Hall–Kier alpha value is -1.36. The van der Waals surface area contributed by atoms with E-state index >= 15 is 0 Å². The molecule has 2 heterocycles. The Bertz CT molecular complexity index is 494. The van der Waals surface area contributed by atoms with E-state index in [-0.39, 0.29) is 12.0 Å². The predicted octanol–water partition coefficient (Wildman–Crippen LogP) is 2.41. The van der Waals surface area contributed by atoms with Crippen molar-refractivity contribution in [2.45, 2.75) is 64.8 Å². The van der Waals surface area contributed by atoms with Crippen LogP contribution in [0.5, 0.6) is 0 Å². The molecule has 1 aromatic heterocycles. The maximum atomic E-state index is 9.31. The summed E-state index contributed by atoms with van der Waals surface area (Å²) in [5.41, 5.74) is 6.94. The van der Waals surface area contributed by atoms with E-state index in [9.17, 15) is 5.11 Å². The molecular formula is C16H28N4O. The minimum Gasteiger partial charge on any atom is -0.396 e. The molecule has 0 spiro atoms. The molecule has 0 saturated carbocycles. The van der Waals surface area contributed by atoms with Gasteiger partial charge in [-0.25, -0.2) is 9.97 Å². The van der Waals surface area contributed by atoms with E-state index in [0.29, 0.717) is 11.9 Å². The van der Waals surface area contributed by atoms with E-state index < -0.39 is 0 Å². The average molecular weight is 292 g/mol. The molecule has 0 radical (unpaired) electrons. The van der Waals surface area contributed by atoms with Crippen LogP contribution >= 0.6 is 0 Å². The quantitative estimate of drug-likeness (QED) is 0.894. The van der Waals surface area contributed by atoms with Crippen LogP contribution in [0, 0.1) is 6.92 Å². The summed E-state index contributed by atoms with van der Waals surface area (Å²) >= 11 is 0. The van der Waals surface area contributed by atoms with Crippen LogP contribution in [0.4, 0.5) is 11.6 Å². The van der Waals surface area contributed by atoms with E-state index in [0.717, 1.165) is 43.0 Å². The molecule has 5 nitrogen and oxygen atoms in total. The first-order valence-corrected chi connectivity index (χ1v) is 7.86. The number of hydrogen-bond donors (Lipinski definition) is 2. The van der Waals surface area contributed by atoms with Gasteiger partial charge in [0.2, 0.25) is 0 Å². The summed E-state index contributed by atoms with van der Waals surface area (Å²) in [4.78, 5) is 11.6. The van der Waals surface area contributed by atoms with Gasteiger partial charge in [0.1, 0.15) is 17.5 Å². The second kappa shape index (κ2) is 6.18. The standard InChI is InChI=1S/C16H28N4O/c1-11-13(17)18-15(16(2,3)4)19-14(11)20-9-6-5-7-12(20)8-10-21/h12,21H,5-10H2,1-4H3,(H2,17,18,19). The summed E-state index contributed by atoms with van der Waals surface area (Å²) in [6.45, 7) is 9.48. The van der Waals surface area contributed by atoms with Crippen LogP contribution in [0.3, 0.4) is 0 Å². The van der Waals surface area contributed by atoms with Gasteiger partial charge in [-0.3, -0.25) is 0 Å². The number of nitrogens with zero attached hydrogens (tertiary/aromatic N) is 3. The lowest BCUT2D eigenvalue weighted by Crippen LogP contribution is -2.41. The zero-order chi connectivity index (χ0) is 15.6. The molecule has 1 aromatic rings. The highest BCUT2D eigenvalue weighted by Gasteiger charge is 2.28. The molecule has 0 bridgehead atoms. The fourth-order valence-electron chi connectivity index (χ4n) is 2.87. The molecule has 1 aliphatic rings. The molecule has 1 saturated heterocycles. The minimum atomic E-state index is -0.126. The molecule has 118 valence electrons. The highest BCUT2D eigenvalue weighted by molar-refractivity contribution is 5.57. The van der Waals surface area contributed by atoms with Gasteiger partial charge in [-0.2, -0.15) is 0 Å². The first kappa shape index (κ1) is 16.0. The van der Waals surface area contributed by atoms with E-state index in [2.05, 4.69) is 30.7 Å². The Morgan fingerprint density at radius 3 is 2.62 bits per heavy atom. The number of aromatic nitrogens is 2. The molecular weight excluding hydrogens is 264 g/mol. The van der Waals surface area contributed by atoms with Gasteiger partial charge in [0.05, 0.1) is 0 Å². The van der Waals surface area contributed by atoms with Crippen molar-refractivity contribution in [3.8, 4) is 0 Å². The van der Waals surface area contributed by atoms with Crippen molar-refractivity contribution in [3.63, 3.8) is 0 Å². The van der Waals surface area contributed by atoms with Gasteiger partial charge in [0.15, 0.2) is 0 Å². The second-order valence-corrected chi connectivity index (χ2v) is 6.99. The summed E-state index contributed by atoms with van der Waals surface area (Å²) in [6, 6.07) is 0.351. The van der Waals surface area contributed by atoms with Crippen molar-refractivity contribution in [2.24, 2.45) is 0 Å². The molecule has 0 amide bonds. The number of nitrogen functional groups attached to an aromatic ring is 1. The number of hydrogen-bond acceptors (Lipinski definition) is 5. The summed E-state index contributed by atoms with van der Waals surface area (Å²) in [6.07, 6.45) is 4.27. The summed E-state index contributed by atoms with van der Waals surface area (Å²) in [5.74, 6) is 2.30. The monoisotopic (exact) mass is 292 g/mol. The molecule has 0 aromatic carbocycles. The number of piperidine rings is 1. The van der Waals surface area contributed by atoms with E-state index in [1.807, 2.05) is 6.92 Å². The van der Waals surface area contributed by atoms with Crippen LogP contribution in [0.15, 0.2) is 0 Å². The average Bonchev–Trinajstić information content (AvgIpc) is 2.42. The molecule has 1 atom stereocenters. The van der Waals surface area contributed by atoms with E-state index in [1.54, 1.807) is 0 Å². The number of aliphatic hydroxyl groups is 1. The number of aliphatic hydroxyl groups excluding tert-OH is 1. The first-order chi connectivity index (χ1) is 9.84. The molecule has 0 aliphatic carbocycles. The number of nitrogens with two attached hydrogens (primary N) is 1. The van der Waals surface area contributed by atoms with Crippen LogP contribution < -0.4 is 10.6 Å². The first-order valence-electron chi connectivity index (χ1n) is 7.86. The van der Waals surface area contributed by atoms with Gasteiger partial charge in [0, 0.05) is 30.2 Å². The Kier molecular flexibility index (Phi) is 4.71. The van der Waals surface area contributed by atoms with Crippen molar-refractivity contribution >= 4 is 11.6 Å². The molecule has 3 N–H and O–H groups in total. The maximum Gasteiger partial charge on any atom is 0.138 e. The highest BCUT2D eigenvalue weighted by Crippen LogP contribution is 2.31. The Balaban J connectivity index is 2.43. The Morgan fingerprint density at radius 1 is 1.29 bits per heavy atom. The third kappa shape index (κ3) is 3.46.